The molecule has 2 aromatic rings. The second kappa shape index (κ2) is 10.0. The van der Waals surface area contributed by atoms with Crippen molar-refractivity contribution in [3.8, 4) is 0 Å². The highest BCUT2D eigenvalue weighted by Crippen LogP contribution is 2.09. The summed E-state index contributed by atoms with van der Waals surface area (Å²) in [6, 6.07) is 18.2. The van der Waals surface area contributed by atoms with E-state index in [9.17, 15) is 4.79 Å². The molecule has 26 heavy (non-hydrogen) atoms. The Morgan fingerprint density at radius 1 is 1.15 bits per heavy atom. The van der Waals surface area contributed by atoms with Crippen molar-refractivity contribution in [2.75, 3.05) is 25.6 Å². The van der Waals surface area contributed by atoms with E-state index in [0.717, 1.165) is 28.9 Å². The van der Waals surface area contributed by atoms with Crippen molar-refractivity contribution in [2.45, 2.75) is 13.8 Å². The molecule has 2 N–H and O–H groups in total. The molecule has 0 atom stereocenters. The van der Waals surface area contributed by atoms with Gasteiger partial charge in [-0.1, -0.05) is 42.5 Å². The molecule has 0 aliphatic carbocycles. The van der Waals surface area contributed by atoms with E-state index >= 15 is 0 Å². The lowest BCUT2D eigenvalue weighted by molar-refractivity contribution is -0.104. The van der Waals surface area contributed by atoms with Gasteiger partial charge in [-0.3, -0.25) is 9.80 Å². The molecule has 0 amide bonds. The number of allylic oxidation sites excluding steroid dienone is 1. The van der Waals surface area contributed by atoms with E-state index in [0.29, 0.717) is 13.2 Å². The Morgan fingerprint density at radius 3 is 2.62 bits per heavy atom. The Morgan fingerprint density at radius 2 is 1.92 bits per heavy atom. The summed E-state index contributed by atoms with van der Waals surface area (Å²) in [5.41, 5.74) is 5.04. The van der Waals surface area contributed by atoms with Crippen molar-refractivity contribution in [1.29, 1.82) is 0 Å². The summed E-state index contributed by atoms with van der Waals surface area (Å²) in [6.45, 7) is 5.07. The first-order valence-electron chi connectivity index (χ1n) is 8.59. The summed E-state index contributed by atoms with van der Waals surface area (Å²) in [5.74, 6) is 0. The van der Waals surface area contributed by atoms with Crippen LogP contribution in [-0.2, 0) is 4.79 Å². The molecule has 2 aromatic carbocycles. The Balaban J connectivity index is 1.89. The van der Waals surface area contributed by atoms with E-state index in [1.165, 1.54) is 11.6 Å². The van der Waals surface area contributed by atoms with Crippen molar-refractivity contribution in [1.82, 2.24) is 10.3 Å². The van der Waals surface area contributed by atoms with Crippen LogP contribution in [0, 0.1) is 6.92 Å². The number of carbonyl (C=O) groups excluding carboxylic acids is 1. The van der Waals surface area contributed by atoms with Gasteiger partial charge in [0.15, 0.2) is 0 Å². The van der Waals surface area contributed by atoms with Crippen LogP contribution >= 0.6 is 0 Å². The van der Waals surface area contributed by atoms with E-state index in [-0.39, 0.29) is 0 Å². The van der Waals surface area contributed by atoms with Crippen LogP contribution < -0.4 is 10.6 Å². The zero-order chi connectivity index (χ0) is 18.8. The van der Waals surface area contributed by atoms with Crippen LogP contribution in [0.2, 0.25) is 0 Å². The molecule has 0 heterocycles. The van der Waals surface area contributed by atoms with Crippen LogP contribution in [0.4, 0.5) is 5.69 Å². The van der Waals surface area contributed by atoms with Gasteiger partial charge in [0, 0.05) is 18.4 Å². The zero-order valence-corrected chi connectivity index (χ0v) is 15.6. The highest BCUT2D eigenvalue weighted by Gasteiger charge is 2.02. The number of hydrogen-bond acceptors (Lipinski definition) is 5. The molecular weight excluding hydrogens is 324 g/mol. The predicted molar refractivity (Wildman–Crippen MR) is 108 cm³/mol. The molecule has 0 saturated heterocycles. The van der Waals surface area contributed by atoms with Crippen molar-refractivity contribution in [2.24, 2.45) is 5.10 Å². The third kappa shape index (κ3) is 6.43. The standard InChI is InChI=1S/C21H26N4O/c1-17-8-7-11-20(14-17)22-15-21(12-13-26)23-16-25(3)24-18(2)19-9-5-4-6-10-19/h4-14,22-23H,15-16H2,1-3H3/b21-12-,24-18+. The molecule has 0 aliphatic heterocycles. The SMILES string of the molecule is C/C(=N\N(C)CN/C(=C\C=O)CNc1cccc(C)c1)c1ccccc1. The highest BCUT2D eigenvalue weighted by molar-refractivity contribution is 5.98. The maximum Gasteiger partial charge on any atom is 0.144 e. The van der Waals surface area contributed by atoms with E-state index in [1.807, 2.05) is 74.4 Å². The molecule has 0 radical (unpaired) electrons. The second-order valence-electron chi connectivity index (χ2n) is 6.09. The molecule has 136 valence electrons. The number of anilines is 1. The van der Waals surface area contributed by atoms with E-state index in [4.69, 9.17) is 0 Å². The van der Waals surface area contributed by atoms with Crippen molar-refractivity contribution >= 4 is 17.7 Å². The van der Waals surface area contributed by atoms with Gasteiger partial charge in [0.2, 0.25) is 0 Å². The number of hydrazone groups is 1. The van der Waals surface area contributed by atoms with Gasteiger partial charge in [-0.25, -0.2) is 0 Å². The van der Waals surface area contributed by atoms with Gasteiger partial charge < -0.3 is 10.6 Å². The largest absolute Gasteiger partial charge is 0.379 e. The van der Waals surface area contributed by atoms with Gasteiger partial charge in [0.25, 0.3) is 0 Å². The quantitative estimate of drug-likeness (QED) is 0.239. The lowest BCUT2D eigenvalue weighted by atomic mass is 10.1. The molecule has 0 bridgehead atoms. The van der Waals surface area contributed by atoms with Gasteiger partial charge >= 0.3 is 0 Å². The van der Waals surface area contributed by atoms with Crippen molar-refractivity contribution in [3.05, 3.63) is 77.5 Å². The molecule has 0 unspecified atom stereocenters. The predicted octanol–water partition coefficient (Wildman–Crippen LogP) is 3.39. The van der Waals surface area contributed by atoms with Crippen LogP contribution in [0.15, 0.2) is 71.5 Å². The van der Waals surface area contributed by atoms with Gasteiger partial charge in [0.1, 0.15) is 13.0 Å². The minimum atomic E-state index is 0.499. The number of nitrogens with zero attached hydrogens (tertiary/aromatic N) is 2. The summed E-state index contributed by atoms with van der Waals surface area (Å²) < 4.78 is 0. The van der Waals surface area contributed by atoms with E-state index in [1.54, 1.807) is 0 Å². The summed E-state index contributed by atoms with van der Waals surface area (Å²) in [5, 5.41) is 12.9. The third-order valence-electron chi connectivity index (χ3n) is 3.82. The Bertz CT molecular complexity index is 769. The normalized spacial score (nSPS) is 11.8. The average Bonchev–Trinajstić information content (AvgIpc) is 2.65. The fourth-order valence-electron chi connectivity index (χ4n) is 2.46. The number of aldehydes is 1. The van der Waals surface area contributed by atoms with Gasteiger partial charge in [-0.05, 0) is 43.2 Å². The summed E-state index contributed by atoms with van der Waals surface area (Å²) >= 11 is 0. The maximum atomic E-state index is 10.9. The molecule has 2 rings (SSSR count). The summed E-state index contributed by atoms with van der Waals surface area (Å²) in [6.07, 6.45) is 2.32. The summed E-state index contributed by atoms with van der Waals surface area (Å²) in [4.78, 5) is 10.9. The number of aryl methyl sites for hydroxylation is 1. The van der Waals surface area contributed by atoms with Gasteiger partial charge in [-0.2, -0.15) is 5.10 Å². The third-order valence-corrected chi connectivity index (χ3v) is 3.82. The lowest BCUT2D eigenvalue weighted by Crippen LogP contribution is -2.30. The smallest absolute Gasteiger partial charge is 0.144 e. The molecule has 0 aliphatic rings. The lowest BCUT2D eigenvalue weighted by Gasteiger charge is -2.18. The van der Waals surface area contributed by atoms with Crippen LogP contribution in [0.5, 0.6) is 0 Å². The van der Waals surface area contributed by atoms with Crippen LogP contribution in [0.3, 0.4) is 0 Å². The Kier molecular flexibility index (Phi) is 7.43. The fraction of sp³-hybridized carbons (Fsp3) is 0.238. The Hall–Kier alpha value is -3.08. The zero-order valence-electron chi connectivity index (χ0n) is 15.6. The average molecular weight is 350 g/mol. The van der Waals surface area contributed by atoms with E-state index < -0.39 is 0 Å². The molecular formula is C21H26N4O. The minimum Gasteiger partial charge on any atom is -0.379 e. The highest BCUT2D eigenvalue weighted by atomic mass is 16.1. The molecule has 5 nitrogen and oxygen atoms in total. The Labute approximate surface area is 155 Å². The van der Waals surface area contributed by atoms with Crippen LogP contribution in [0.25, 0.3) is 0 Å². The van der Waals surface area contributed by atoms with Crippen LogP contribution in [0.1, 0.15) is 18.1 Å². The number of hydrogen-bond donors (Lipinski definition) is 2. The maximum absolute atomic E-state index is 10.9. The first-order chi connectivity index (χ1) is 12.6. The number of nitrogens with one attached hydrogen (secondary N) is 2. The van der Waals surface area contributed by atoms with Crippen LogP contribution in [-0.4, -0.2) is 37.3 Å². The summed E-state index contributed by atoms with van der Waals surface area (Å²) in [7, 11) is 1.89. The number of rotatable bonds is 9. The molecule has 0 saturated carbocycles. The van der Waals surface area contributed by atoms with Gasteiger partial charge in [0.05, 0.1) is 12.3 Å². The molecule has 5 heteroatoms. The number of carbonyl (C=O) groups is 1. The molecule has 0 spiro atoms. The topological polar surface area (TPSA) is 56.7 Å². The molecule has 0 fully saturated rings. The van der Waals surface area contributed by atoms with Crippen molar-refractivity contribution in [3.63, 3.8) is 0 Å². The molecule has 0 aromatic heterocycles. The fourth-order valence-corrected chi connectivity index (χ4v) is 2.46. The first-order valence-corrected chi connectivity index (χ1v) is 8.59. The number of benzene rings is 2. The monoisotopic (exact) mass is 350 g/mol. The second-order valence-corrected chi connectivity index (χ2v) is 6.09. The first kappa shape index (κ1) is 19.2. The van der Waals surface area contributed by atoms with E-state index in [2.05, 4.69) is 21.8 Å². The van der Waals surface area contributed by atoms with Gasteiger partial charge in [-0.15, -0.1) is 0 Å². The minimum absolute atomic E-state index is 0.499. The van der Waals surface area contributed by atoms with Crippen molar-refractivity contribution < 1.29 is 4.79 Å².